The van der Waals surface area contributed by atoms with Crippen LogP contribution in [-0.2, 0) is 0 Å². The molecule has 0 amide bonds. The summed E-state index contributed by atoms with van der Waals surface area (Å²) >= 11 is 0. The first kappa shape index (κ1) is 20.5. The van der Waals surface area contributed by atoms with Gasteiger partial charge in [0.2, 0.25) is 5.89 Å². The Morgan fingerprint density at radius 1 is 1.21 bits per heavy atom. The molecule has 0 radical (unpaired) electrons. The van der Waals surface area contributed by atoms with E-state index < -0.39 is 0 Å². The van der Waals surface area contributed by atoms with Gasteiger partial charge in [0.1, 0.15) is 5.69 Å². The summed E-state index contributed by atoms with van der Waals surface area (Å²) in [5.41, 5.74) is 0.237. The number of nitrogens with zero attached hydrogens (tertiary/aromatic N) is 5. The van der Waals surface area contributed by atoms with E-state index in [1.807, 2.05) is 0 Å². The molecule has 3 heterocycles. The van der Waals surface area contributed by atoms with Crippen LogP contribution < -0.4 is 10.5 Å². The Balaban J connectivity index is 1.76. The largest absolute Gasteiger partial charge is 0.420 e. The fourth-order valence-corrected chi connectivity index (χ4v) is 4.18. The van der Waals surface area contributed by atoms with Gasteiger partial charge in [-0.05, 0) is 19.3 Å². The highest BCUT2D eigenvalue weighted by Crippen LogP contribution is 2.23. The van der Waals surface area contributed by atoms with Crippen LogP contribution in [0.2, 0.25) is 0 Å². The molecule has 8 heteroatoms. The van der Waals surface area contributed by atoms with Gasteiger partial charge in [0.15, 0.2) is 5.82 Å². The number of H-pyrrole nitrogens is 1. The first-order chi connectivity index (χ1) is 13.6. The lowest BCUT2D eigenvalue weighted by Crippen LogP contribution is -2.57. The smallest absolute Gasteiger partial charge is 0.291 e. The average molecular weight is 389 g/mol. The zero-order chi connectivity index (χ0) is 20.1. The molecule has 0 spiro atoms. The van der Waals surface area contributed by atoms with E-state index in [1.165, 1.54) is 25.7 Å². The predicted molar refractivity (Wildman–Crippen MR) is 109 cm³/mol. The molecule has 28 heavy (non-hydrogen) atoms. The summed E-state index contributed by atoms with van der Waals surface area (Å²) in [5.74, 6) is 1.21. The van der Waals surface area contributed by atoms with Gasteiger partial charge in [-0.3, -0.25) is 9.69 Å². The van der Waals surface area contributed by atoms with E-state index in [-0.39, 0.29) is 11.4 Å². The highest BCUT2D eigenvalue weighted by atomic mass is 16.4. The van der Waals surface area contributed by atoms with Gasteiger partial charge in [0.25, 0.3) is 11.4 Å². The number of rotatable bonds is 8. The van der Waals surface area contributed by atoms with E-state index in [0.29, 0.717) is 29.5 Å². The molecule has 154 valence electrons. The normalized spacial score (nSPS) is 18.2. The minimum absolute atomic E-state index is 0.213. The molecule has 0 aliphatic carbocycles. The second kappa shape index (κ2) is 9.32. The van der Waals surface area contributed by atoms with Crippen LogP contribution in [0.4, 0.5) is 5.82 Å². The van der Waals surface area contributed by atoms with Gasteiger partial charge in [-0.25, -0.2) is 4.98 Å². The maximum atomic E-state index is 12.7. The third-order valence-corrected chi connectivity index (χ3v) is 5.54. The minimum atomic E-state index is -0.213. The number of nitrogens with one attached hydrogen (secondary N) is 1. The monoisotopic (exact) mass is 388 g/mol. The summed E-state index contributed by atoms with van der Waals surface area (Å²) in [6.45, 7) is 11.1. The molecule has 1 unspecified atom stereocenters. The Bertz CT molecular complexity index is 811. The molecule has 0 bridgehead atoms. The number of hydrogen-bond acceptors (Lipinski definition) is 7. The maximum absolute atomic E-state index is 12.7. The van der Waals surface area contributed by atoms with E-state index >= 15 is 0 Å². The van der Waals surface area contributed by atoms with E-state index in [9.17, 15) is 4.79 Å². The highest BCUT2D eigenvalue weighted by Gasteiger charge is 2.31. The van der Waals surface area contributed by atoms with Crippen LogP contribution in [-0.4, -0.2) is 56.8 Å². The molecule has 1 aliphatic heterocycles. The second-order valence-electron chi connectivity index (χ2n) is 7.55. The van der Waals surface area contributed by atoms with Gasteiger partial charge in [0, 0.05) is 38.6 Å². The Kier molecular flexibility index (Phi) is 6.83. The number of hydrogen-bond donors (Lipinski definition) is 1. The summed E-state index contributed by atoms with van der Waals surface area (Å²) in [4.78, 5) is 24.7. The molecule has 1 fully saturated rings. The van der Waals surface area contributed by atoms with Crippen molar-refractivity contribution in [2.75, 3.05) is 24.5 Å². The van der Waals surface area contributed by atoms with Crippen LogP contribution in [0.1, 0.15) is 58.8 Å². The van der Waals surface area contributed by atoms with Crippen molar-refractivity contribution in [1.82, 2.24) is 25.1 Å². The van der Waals surface area contributed by atoms with E-state index in [2.05, 4.69) is 50.7 Å². The Labute approximate surface area is 166 Å². The summed E-state index contributed by atoms with van der Waals surface area (Å²) < 4.78 is 5.38. The number of anilines is 1. The van der Waals surface area contributed by atoms with Crippen molar-refractivity contribution in [2.24, 2.45) is 0 Å². The predicted octanol–water partition coefficient (Wildman–Crippen LogP) is 3.00. The van der Waals surface area contributed by atoms with Crippen LogP contribution in [0.15, 0.2) is 15.4 Å². The zero-order valence-corrected chi connectivity index (χ0v) is 17.4. The fraction of sp³-hybridized carbons (Fsp3) is 0.700. The molecule has 0 saturated carbocycles. The first-order valence-electron chi connectivity index (χ1n) is 10.5. The van der Waals surface area contributed by atoms with Crippen molar-refractivity contribution in [3.05, 3.63) is 22.4 Å². The summed E-state index contributed by atoms with van der Waals surface area (Å²) in [7, 11) is 0. The third-order valence-electron chi connectivity index (χ3n) is 5.54. The van der Waals surface area contributed by atoms with Crippen molar-refractivity contribution in [1.29, 1.82) is 0 Å². The topological polar surface area (TPSA) is 91.2 Å². The number of piperazine rings is 1. The van der Waals surface area contributed by atoms with Crippen LogP contribution in [0.5, 0.6) is 0 Å². The van der Waals surface area contributed by atoms with E-state index in [0.717, 1.165) is 26.1 Å². The van der Waals surface area contributed by atoms with Crippen molar-refractivity contribution in [2.45, 2.75) is 71.9 Å². The molecule has 1 saturated heterocycles. The Morgan fingerprint density at radius 3 is 2.54 bits per heavy atom. The van der Waals surface area contributed by atoms with Gasteiger partial charge in [-0.1, -0.05) is 33.6 Å². The quantitative estimate of drug-likeness (QED) is 0.743. The van der Waals surface area contributed by atoms with Crippen LogP contribution in [0.3, 0.4) is 0 Å². The van der Waals surface area contributed by atoms with Crippen molar-refractivity contribution in [3.63, 3.8) is 0 Å². The number of aromatic amines is 1. The summed E-state index contributed by atoms with van der Waals surface area (Å²) in [6.07, 6.45) is 7.56. The van der Waals surface area contributed by atoms with Gasteiger partial charge in [-0.2, -0.15) is 0 Å². The summed E-state index contributed by atoms with van der Waals surface area (Å²) in [6, 6.07) is 1.08. The molecular weight excluding hydrogens is 356 g/mol. The van der Waals surface area contributed by atoms with Crippen LogP contribution >= 0.6 is 0 Å². The van der Waals surface area contributed by atoms with Crippen molar-refractivity contribution >= 4 is 5.82 Å². The number of aromatic nitrogens is 4. The van der Waals surface area contributed by atoms with Gasteiger partial charge < -0.3 is 14.3 Å². The molecule has 8 nitrogen and oxygen atoms in total. The molecule has 1 N–H and O–H groups in total. The minimum Gasteiger partial charge on any atom is -0.420 e. The van der Waals surface area contributed by atoms with Crippen molar-refractivity contribution < 1.29 is 4.42 Å². The SMILES string of the molecule is CCCC(CCC)N1CCN(c2ncc(-c3nnc(C)o3)[nH]c2=O)CC1CC. The van der Waals surface area contributed by atoms with Gasteiger partial charge >= 0.3 is 0 Å². The van der Waals surface area contributed by atoms with Crippen molar-refractivity contribution in [3.8, 4) is 11.6 Å². The molecule has 1 atom stereocenters. The third kappa shape index (κ3) is 4.43. The molecule has 0 aromatic carbocycles. The van der Waals surface area contributed by atoms with E-state index in [1.54, 1.807) is 13.1 Å². The highest BCUT2D eigenvalue weighted by molar-refractivity contribution is 5.47. The van der Waals surface area contributed by atoms with Gasteiger partial charge in [-0.15, -0.1) is 10.2 Å². The molecular formula is C20H32N6O2. The standard InChI is InChI=1S/C20H32N6O2/c1-5-8-16(9-6-2)26-11-10-25(13-15(26)7-3)18-19(27)22-17(12-21-18)20-24-23-14(4)28-20/h12,15-16H,5-11,13H2,1-4H3,(H,22,27). The molecule has 3 rings (SSSR count). The molecule has 1 aliphatic rings. The lowest BCUT2D eigenvalue weighted by molar-refractivity contribution is 0.101. The average Bonchev–Trinajstić information content (AvgIpc) is 3.13. The number of aryl methyl sites for hydroxylation is 1. The van der Waals surface area contributed by atoms with Gasteiger partial charge in [0.05, 0.1) is 6.20 Å². The summed E-state index contributed by atoms with van der Waals surface area (Å²) in [5, 5.41) is 7.74. The fourth-order valence-electron chi connectivity index (χ4n) is 4.18. The van der Waals surface area contributed by atoms with Crippen LogP contribution in [0, 0.1) is 6.92 Å². The van der Waals surface area contributed by atoms with E-state index in [4.69, 9.17) is 4.42 Å². The maximum Gasteiger partial charge on any atom is 0.291 e. The lowest BCUT2D eigenvalue weighted by atomic mass is 9.99. The molecule has 2 aromatic rings. The Morgan fingerprint density at radius 2 is 1.96 bits per heavy atom. The molecule has 2 aromatic heterocycles. The lowest BCUT2D eigenvalue weighted by Gasteiger charge is -2.45. The first-order valence-corrected chi connectivity index (χ1v) is 10.5. The second-order valence-corrected chi connectivity index (χ2v) is 7.55. The Hall–Kier alpha value is -2.22. The zero-order valence-electron chi connectivity index (χ0n) is 17.4. The van der Waals surface area contributed by atoms with Crippen LogP contribution in [0.25, 0.3) is 11.6 Å².